The molecule has 0 radical (unpaired) electrons. The molecule has 172 valence electrons. The van der Waals surface area contributed by atoms with Crippen LogP contribution < -0.4 is 16.6 Å². The standard InChI is InChI=1S/C24H27N5O3S/c1-5-15(2)16-8-10-17(11-9-16)20(18-7-6-12-33-18)26-19(30)13-29-23(31)21-22(25-14-27(21)3)28(4)24(29)32/h6-12,14-15,20H,5,13H2,1-4H3,(H,26,30). The first-order valence-corrected chi connectivity index (χ1v) is 11.7. The van der Waals surface area contributed by atoms with Gasteiger partial charge in [-0.2, -0.15) is 0 Å². The normalized spacial score (nSPS) is 13.2. The number of carbonyl (C=O) groups excluding carboxylic acids is 1. The molecule has 0 aliphatic heterocycles. The van der Waals surface area contributed by atoms with E-state index in [2.05, 4.69) is 36.3 Å². The van der Waals surface area contributed by atoms with Crippen LogP contribution in [0.2, 0.25) is 0 Å². The number of hydrogen-bond donors (Lipinski definition) is 1. The third kappa shape index (κ3) is 4.28. The second kappa shape index (κ2) is 9.19. The van der Waals surface area contributed by atoms with Gasteiger partial charge in [0.2, 0.25) is 5.91 Å². The number of thiophene rings is 1. The lowest BCUT2D eigenvalue weighted by Crippen LogP contribution is -2.44. The van der Waals surface area contributed by atoms with Crippen molar-refractivity contribution in [3.05, 3.63) is 84.9 Å². The highest BCUT2D eigenvalue weighted by atomic mass is 32.1. The van der Waals surface area contributed by atoms with Gasteiger partial charge in [0.05, 0.1) is 12.4 Å². The molecular formula is C24H27N5O3S. The van der Waals surface area contributed by atoms with Crippen molar-refractivity contribution in [2.45, 2.75) is 38.8 Å². The lowest BCUT2D eigenvalue weighted by Gasteiger charge is -2.20. The summed E-state index contributed by atoms with van der Waals surface area (Å²) in [5.74, 6) is 0.0407. The molecule has 1 N–H and O–H groups in total. The minimum Gasteiger partial charge on any atom is -0.343 e. The van der Waals surface area contributed by atoms with Crippen LogP contribution in [0.1, 0.15) is 48.2 Å². The lowest BCUT2D eigenvalue weighted by atomic mass is 9.95. The predicted octanol–water partition coefficient (Wildman–Crippen LogP) is 2.91. The van der Waals surface area contributed by atoms with Crippen LogP contribution in [0.4, 0.5) is 0 Å². The van der Waals surface area contributed by atoms with E-state index in [0.29, 0.717) is 11.6 Å². The van der Waals surface area contributed by atoms with Gasteiger partial charge in [-0.05, 0) is 34.9 Å². The number of fused-ring (bicyclic) bond motifs is 1. The van der Waals surface area contributed by atoms with Gasteiger partial charge in [0.25, 0.3) is 5.56 Å². The number of imidazole rings is 1. The largest absolute Gasteiger partial charge is 0.343 e. The van der Waals surface area contributed by atoms with Crippen molar-refractivity contribution in [3.8, 4) is 0 Å². The van der Waals surface area contributed by atoms with Gasteiger partial charge in [-0.15, -0.1) is 11.3 Å². The first-order chi connectivity index (χ1) is 15.8. The van der Waals surface area contributed by atoms with Crippen molar-refractivity contribution in [3.63, 3.8) is 0 Å². The number of nitrogens with one attached hydrogen (secondary N) is 1. The van der Waals surface area contributed by atoms with Crippen molar-refractivity contribution < 1.29 is 4.79 Å². The van der Waals surface area contributed by atoms with Crippen LogP contribution in [0, 0.1) is 0 Å². The fourth-order valence-electron chi connectivity index (χ4n) is 3.91. The number of rotatable bonds is 7. The minimum absolute atomic E-state index is 0.278. The summed E-state index contributed by atoms with van der Waals surface area (Å²) in [6, 6.07) is 11.8. The molecule has 2 unspecified atom stereocenters. The molecule has 33 heavy (non-hydrogen) atoms. The fourth-order valence-corrected chi connectivity index (χ4v) is 4.72. The molecule has 8 nitrogen and oxygen atoms in total. The van der Waals surface area contributed by atoms with Gasteiger partial charge in [0, 0.05) is 19.0 Å². The molecule has 1 aromatic carbocycles. The maximum Gasteiger partial charge on any atom is 0.332 e. The predicted molar refractivity (Wildman–Crippen MR) is 130 cm³/mol. The maximum atomic E-state index is 13.1. The Hall–Kier alpha value is -3.46. The van der Waals surface area contributed by atoms with Gasteiger partial charge >= 0.3 is 5.69 Å². The molecule has 0 bridgehead atoms. The lowest BCUT2D eigenvalue weighted by molar-refractivity contribution is -0.122. The molecule has 0 spiro atoms. The van der Waals surface area contributed by atoms with Crippen LogP contribution in [0.25, 0.3) is 11.2 Å². The summed E-state index contributed by atoms with van der Waals surface area (Å²) in [6.07, 6.45) is 2.53. The highest BCUT2D eigenvalue weighted by molar-refractivity contribution is 7.10. The summed E-state index contributed by atoms with van der Waals surface area (Å²) in [7, 11) is 3.22. The van der Waals surface area contributed by atoms with Gasteiger partial charge in [-0.1, -0.05) is 44.2 Å². The van der Waals surface area contributed by atoms with Gasteiger partial charge in [0.15, 0.2) is 11.2 Å². The van der Waals surface area contributed by atoms with Gasteiger partial charge in [-0.25, -0.2) is 14.3 Å². The first-order valence-electron chi connectivity index (χ1n) is 10.8. The second-order valence-electron chi connectivity index (χ2n) is 8.25. The summed E-state index contributed by atoms with van der Waals surface area (Å²) < 4.78 is 3.80. The second-order valence-corrected chi connectivity index (χ2v) is 9.23. The Balaban J connectivity index is 1.65. The van der Waals surface area contributed by atoms with Crippen molar-refractivity contribution >= 4 is 28.4 Å². The van der Waals surface area contributed by atoms with E-state index >= 15 is 0 Å². The van der Waals surface area contributed by atoms with Crippen LogP contribution in [-0.4, -0.2) is 24.6 Å². The third-order valence-corrected chi connectivity index (χ3v) is 7.02. The van der Waals surface area contributed by atoms with Crippen molar-refractivity contribution in [2.75, 3.05) is 0 Å². The van der Waals surface area contributed by atoms with Gasteiger partial charge in [-0.3, -0.25) is 14.2 Å². The highest BCUT2D eigenvalue weighted by Crippen LogP contribution is 2.28. The van der Waals surface area contributed by atoms with Crippen LogP contribution >= 0.6 is 11.3 Å². The highest BCUT2D eigenvalue weighted by Gasteiger charge is 2.21. The monoisotopic (exact) mass is 465 g/mol. The maximum absolute atomic E-state index is 13.1. The average Bonchev–Trinajstić information content (AvgIpc) is 3.48. The fraction of sp³-hybridized carbons (Fsp3) is 0.333. The van der Waals surface area contributed by atoms with Crippen LogP contribution in [0.15, 0.2) is 57.7 Å². The van der Waals surface area contributed by atoms with E-state index in [1.165, 1.54) is 16.5 Å². The Labute approximate surface area is 195 Å². The summed E-state index contributed by atoms with van der Waals surface area (Å²) in [6.45, 7) is 3.96. The molecule has 3 aromatic heterocycles. The summed E-state index contributed by atoms with van der Waals surface area (Å²) in [5, 5.41) is 4.98. The Morgan fingerprint density at radius 2 is 1.82 bits per heavy atom. The zero-order valence-electron chi connectivity index (χ0n) is 19.1. The zero-order valence-corrected chi connectivity index (χ0v) is 19.9. The van der Waals surface area contributed by atoms with E-state index < -0.39 is 17.2 Å². The number of benzene rings is 1. The quantitative estimate of drug-likeness (QED) is 0.454. The van der Waals surface area contributed by atoms with Crippen molar-refractivity contribution in [1.82, 2.24) is 24.0 Å². The Bertz CT molecular complexity index is 1400. The molecule has 1 amide bonds. The van der Waals surface area contributed by atoms with Gasteiger partial charge < -0.3 is 9.88 Å². The summed E-state index contributed by atoms with van der Waals surface area (Å²) in [5.41, 5.74) is 1.65. The van der Waals surface area contributed by atoms with E-state index in [9.17, 15) is 14.4 Å². The molecular weight excluding hydrogens is 438 g/mol. The van der Waals surface area contributed by atoms with E-state index in [4.69, 9.17) is 0 Å². The van der Waals surface area contributed by atoms with E-state index in [0.717, 1.165) is 21.4 Å². The molecule has 3 heterocycles. The Kier molecular flexibility index (Phi) is 6.33. The van der Waals surface area contributed by atoms with Crippen LogP contribution in [0.3, 0.4) is 0 Å². The van der Waals surface area contributed by atoms with Crippen molar-refractivity contribution in [2.24, 2.45) is 14.1 Å². The number of amides is 1. The molecule has 0 saturated heterocycles. The van der Waals surface area contributed by atoms with E-state index in [-0.39, 0.29) is 18.1 Å². The average molecular weight is 466 g/mol. The number of carbonyl (C=O) groups is 1. The molecule has 0 aliphatic carbocycles. The molecule has 0 fully saturated rings. The molecule has 4 aromatic rings. The van der Waals surface area contributed by atoms with Crippen molar-refractivity contribution in [1.29, 1.82) is 0 Å². The SMILES string of the molecule is CCC(C)c1ccc(C(NC(=O)Cn2c(=O)c3c(ncn3C)n(C)c2=O)c2cccs2)cc1. The Morgan fingerprint density at radius 1 is 1.12 bits per heavy atom. The smallest absolute Gasteiger partial charge is 0.332 e. The number of hydrogen-bond acceptors (Lipinski definition) is 5. The molecule has 9 heteroatoms. The minimum atomic E-state index is -0.577. The van der Waals surface area contributed by atoms with Gasteiger partial charge in [0.1, 0.15) is 6.54 Å². The number of aryl methyl sites for hydroxylation is 2. The number of aromatic nitrogens is 4. The first kappa shape index (κ1) is 22.7. The molecule has 2 atom stereocenters. The van der Waals surface area contributed by atoms with E-state index in [1.54, 1.807) is 30.0 Å². The Morgan fingerprint density at radius 3 is 2.45 bits per heavy atom. The topological polar surface area (TPSA) is 90.9 Å². The van der Waals surface area contributed by atoms with Crippen LogP contribution in [0.5, 0.6) is 0 Å². The summed E-state index contributed by atoms with van der Waals surface area (Å²) >= 11 is 1.54. The third-order valence-electron chi connectivity index (χ3n) is 6.09. The molecule has 0 saturated carbocycles. The van der Waals surface area contributed by atoms with E-state index in [1.807, 2.05) is 29.6 Å². The number of nitrogens with zero attached hydrogens (tertiary/aromatic N) is 4. The zero-order chi connectivity index (χ0) is 23.7. The van der Waals surface area contributed by atoms with Crippen LogP contribution in [-0.2, 0) is 25.4 Å². The molecule has 4 rings (SSSR count). The summed E-state index contributed by atoms with van der Waals surface area (Å²) in [4.78, 5) is 43.9. The molecule has 0 aliphatic rings.